The molecule has 0 spiro atoms. The van der Waals surface area contributed by atoms with Crippen LogP contribution in [0.1, 0.15) is 20.3 Å². The van der Waals surface area contributed by atoms with Crippen LogP contribution in [-0.4, -0.2) is 20.5 Å². The molecule has 29 heavy (non-hydrogen) atoms. The SMILES string of the molecule is CC(C)CC(=O)Nc1cccc(-c2ccnc3c(-c4cccc(Cl)c4)cnn23)c1. The largest absolute Gasteiger partial charge is 0.326 e. The number of nitrogens with zero attached hydrogens (tertiary/aromatic N) is 3. The van der Waals surface area contributed by atoms with Crippen molar-refractivity contribution in [2.75, 3.05) is 5.32 Å². The van der Waals surface area contributed by atoms with Gasteiger partial charge in [0.25, 0.3) is 0 Å². The molecule has 0 saturated carbocycles. The Morgan fingerprint density at radius 3 is 2.69 bits per heavy atom. The summed E-state index contributed by atoms with van der Waals surface area (Å²) in [6, 6.07) is 17.3. The third-order valence-corrected chi connectivity index (χ3v) is 4.81. The summed E-state index contributed by atoms with van der Waals surface area (Å²) in [6.45, 7) is 4.05. The van der Waals surface area contributed by atoms with Crippen molar-refractivity contribution >= 4 is 28.8 Å². The zero-order valence-electron chi connectivity index (χ0n) is 16.3. The van der Waals surface area contributed by atoms with E-state index in [0.29, 0.717) is 17.4 Å². The summed E-state index contributed by atoms with van der Waals surface area (Å²) >= 11 is 6.15. The zero-order chi connectivity index (χ0) is 20.4. The summed E-state index contributed by atoms with van der Waals surface area (Å²) in [5, 5.41) is 8.19. The van der Waals surface area contributed by atoms with Crippen molar-refractivity contribution in [1.82, 2.24) is 14.6 Å². The monoisotopic (exact) mass is 404 g/mol. The molecule has 146 valence electrons. The van der Waals surface area contributed by atoms with E-state index in [-0.39, 0.29) is 5.91 Å². The number of rotatable bonds is 5. The lowest BCUT2D eigenvalue weighted by Gasteiger charge is -2.10. The Morgan fingerprint density at radius 2 is 1.90 bits per heavy atom. The molecule has 1 N–H and O–H groups in total. The maximum absolute atomic E-state index is 12.1. The minimum atomic E-state index is 0.0133. The van der Waals surface area contributed by atoms with Gasteiger partial charge in [0, 0.05) is 34.5 Å². The highest BCUT2D eigenvalue weighted by Crippen LogP contribution is 2.29. The first-order chi connectivity index (χ1) is 14.0. The van der Waals surface area contributed by atoms with Crippen molar-refractivity contribution in [2.24, 2.45) is 5.92 Å². The molecule has 0 aliphatic heterocycles. The van der Waals surface area contributed by atoms with Gasteiger partial charge in [0.05, 0.1) is 11.9 Å². The molecule has 2 aromatic carbocycles. The molecule has 0 aliphatic carbocycles. The third kappa shape index (κ3) is 4.15. The number of amides is 1. The number of carbonyl (C=O) groups is 1. The second-order valence-corrected chi connectivity index (χ2v) is 7.80. The lowest BCUT2D eigenvalue weighted by Crippen LogP contribution is -2.13. The van der Waals surface area contributed by atoms with Crippen LogP contribution in [0.25, 0.3) is 28.0 Å². The molecule has 2 aromatic heterocycles. The predicted molar refractivity (Wildman–Crippen MR) is 117 cm³/mol. The van der Waals surface area contributed by atoms with Crippen molar-refractivity contribution in [3.63, 3.8) is 0 Å². The molecule has 1 amide bonds. The van der Waals surface area contributed by atoms with E-state index in [1.54, 1.807) is 12.4 Å². The molecule has 0 saturated heterocycles. The van der Waals surface area contributed by atoms with Crippen LogP contribution in [0.5, 0.6) is 0 Å². The van der Waals surface area contributed by atoms with Gasteiger partial charge in [-0.25, -0.2) is 9.50 Å². The number of hydrogen-bond acceptors (Lipinski definition) is 3. The van der Waals surface area contributed by atoms with Crippen LogP contribution < -0.4 is 5.32 Å². The lowest BCUT2D eigenvalue weighted by atomic mass is 10.1. The Hall–Kier alpha value is -3.18. The fraction of sp³-hybridized carbons (Fsp3) is 0.174. The first-order valence-corrected chi connectivity index (χ1v) is 9.88. The van der Waals surface area contributed by atoms with Gasteiger partial charge in [0.15, 0.2) is 5.65 Å². The molecule has 0 bridgehead atoms. The van der Waals surface area contributed by atoms with Gasteiger partial charge in [-0.1, -0.05) is 49.7 Å². The van der Waals surface area contributed by atoms with Crippen LogP contribution in [0.15, 0.2) is 67.0 Å². The molecule has 0 fully saturated rings. The topological polar surface area (TPSA) is 59.3 Å². The van der Waals surface area contributed by atoms with Gasteiger partial charge in [-0.2, -0.15) is 5.10 Å². The molecule has 4 aromatic rings. The smallest absolute Gasteiger partial charge is 0.224 e. The van der Waals surface area contributed by atoms with Crippen LogP contribution in [-0.2, 0) is 4.79 Å². The second kappa shape index (κ2) is 8.05. The fourth-order valence-corrected chi connectivity index (χ4v) is 3.50. The Kier molecular flexibility index (Phi) is 5.32. The number of benzene rings is 2. The summed E-state index contributed by atoms with van der Waals surface area (Å²) in [4.78, 5) is 16.6. The molecule has 2 heterocycles. The van der Waals surface area contributed by atoms with E-state index in [1.807, 2.05) is 73.0 Å². The molecule has 0 unspecified atom stereocenters. The summed E-state index contributed by atoms with van der Waals surface area (Å²) < 4.78 is 1.81. The van der Waals surface area contributed by atoms with E-state index < -0.39 is 0 Å². The molecular weight excluding hydrogens is 384 g/mol. The predicted octanol–water partition coefficient (Wildman–Crippen LogP) is 5.70. The van der Waals surface area contributed by atoms with E-state index in [9.17, 15) is 4.79 Å². The molecule has 0 aliphatic rings. The minimum absolute atomic E-state index is 0.0133. The fourth-order valence-electron chi connectivity index (χ4n) is 3.31. The van der Waals surface area contributed by atoms with Gasteiger partial charge in [-0.3, -0.25) is 4.79 Å². The molecule has 6 heteroatoms. The normalized spacial score (nSPS) is 11.2. The molecular formula is C23H21ClN4O. The number of anilines is 1. The zero-order valence-corrected chi connectivity index (χ0v) is 17.0. The average molecular weight is 405 g/mol. The Labute approximate surface area is 174 Å². The second-order valence-electron chi connectivity index (χ2n) is 7.36. The first-order valence-electron chi connectivity index (χ1n) is 9.50. The average Bonchev–Trinajstić information content (AvgIpc) is 3.11. The van der Waals surface area contributed by atoms with Crippen LogP contribution in [0.3, 0.4) is 0 Å². The standard InChI is InChI=1S/C23H21ClN4O/c1-15(2)11-22(29)27-19-8-4-6-17(13-19)21-9-10-25-23-20(14-26-28(21)23)16-5-3-7-18(24)12-16/h3-10,12-15H,11H2,1-2H3,(H,27,29). The van der Waals surface area contributed by atoms with Gasteiger partial charge in [-0.15, -0.1) is 0 Å². The summed E-state index contributed by atoms with van der Waals surface area (Å²) in [7, 11) is 0. The summed E-state index contributed by atoms with van der Waals surface area (Å²) in [5.41, 5.74) is 5.23. The highest BCUT2D eigenvalue weighted by atomic mass is 35.5. The van der Waals surface area contributed by atoms with Crippen LogP contribution >= 0.6 is 11.6 Å². The van der Waals surface area contributed by atoms with Gasteiger partial charge in [0.2, 0.25) is 5.91 Å². The van der Waals surface area contributed by atoms with E-state index in [0.717, 1.165) is 33.7 Å². The Bertz CT molecular complexity index is 1180. The van der Waals surface area contributed by atoms with Crippen molar-refractivity contribution in [3.05, 3.63) is 72.0 Å². The molecule has 5 nitrogen and oxygen atoms in total. The van der Waals surface area contributed by atoms with Crippen molar-refractivity contribution in [2.45, 2.75) is 20.3 Å². The van der Waals surface area contributed by atoms with Crippen molar-refractivity contribution < 1.29 is 4.79 Å². The lowest BCUT2D eigenvalue weighted by molar-refractivity contribution is -0.116. The molecule has 4 rings (SSSR count). The quantitative estimate of drug-likeness (QED) is 0.464. The first kappa shape index (κ1) is 19.2. The highest BCUT2D eigenvalue weighted by molar-refractivity contribution is 6.30. The van der Waals surface area contributed by atoms with E-state index in [1.165, 1.54) is 0 Å². The highest BCUT2D eigenvalue weighted by Gasteiger charge is 2.13. The summed E-state index contributed by atoms with van der Waals surface area (Å²) in [5.74, 6) is 0.325. The number of carbonyl (C=O) groups excluding carboxylic acids is 1. The Balaban J connectivity index is 1.72. The number of hydrogen-bond donors (Lipinski definition) is 1. The number of nitrogens with one attached hydrogen (secondary N) is 1. The molecule has 0 atom stereocenters. The van der Waals surface area contributed by atoms with Crippen LogP contribution in [0.4, 0.5) is 5.69 Å². The summed E-state index contributed by atoms with van der Waals surface area (Å²) in [6.07, 6.45) is 4.06. The molecule has 0 radical (unpaired) electrons. The number of aromatic nitrogens is 3. The number of fused-ring (bicyclic) bond motifs is 1. The van der Waals surface area contributed by atoms with Gasteiger partial charge < -0.3 is 5.32 Å². The van der Waals surface area contributed by atoms with Crippen LogP contribution in [0, 0.1) is 5.92 Å². The van der Waals surface area contributed by atoms with E-state index in [2.05, 4.69) is 15.4 Å². The van der Waals surface area contributed by atoms with Crippen molar-refractivity contribution in [3.8, 4) is 22.4 Å². The van der Waals surface area contributed by atoms with Gasteiger partial charge in [0.1, 0.15) is 0 Å². The Morgan fingerprint density at radius 1 is 1.10 bits per heavy atom. The van der Waals surface area contributed by atoms with E-state index in [4.69, 9.17) is 11.6 Å². The third-order valence-electron chi connectivity index (χ3n) is 4.57. The van der Waals surface area contributed by atoms with Crippen LogP contribution in [0.2, 0.25) is 5.02 Å². The van der Waals surface area contributed by atoms with E-state index >= 15 is 0 Å². The van der Waals surface area contributed by atoms with Gasteiger partial charge >= 0.3 is 0 Å². The van der Waals surface area contributed by atoms with Gasteiger partial charge in [-0.05, 0) is 41.8 Å². The minimum Gasteiger partial charge on any atom is -0.326 e. The van der Waals surface area contributed by atoms with Crippen molar-refractivity contribution in [1.29, 1.82) is 0 Å². The maximum Gasteiger partial charge on any atom is 0.224 e. The number of halogens is 1. The maximum atomic E-state index is 12.1.